The zero-order valence-corrected chi connectivity index (χ0v) is 23.3. The second-order valence-electron chi connectivity index (χ2n) is 10.1. The monoisotopic (exact) mass is 580 g/mol. The molecule has 0 spiro atoms. The van der Waals surface area contributed by atoms with Crippen LogP contribution in [0.25, 0.3) is 0 Å². The van der Waals surface area contributed by atoms with Crippen molar-refractivity contribution >= 4 is 58.2 Å². The van der Waals surface area contributed by atoms with Crippen molar-refractivity contribution in [3.05, 3.63) is 94.0 Å². The Kier molecular flexibility index (Phi) is 8.61. The molecular weight excluding hydrogens is 551 g/mol. The number of anilines is 2. The molecule has 5 rings (SSSR count). The highest BCUT2D eigenvalue weighted by atomic mass is 35.5. The lowest BCUT2D eigenvalue weighted by Crippen LogP contribution is -2.92. The van der Waals surface area contributed by atoms with E-state index in [0.717, 1.165) is 24.0 Å². The third-order valence-corrected chi connectivity index (χ3v) is 7.83. The molecule has 2 aliphatic heterocycles. The molecule has 10 heteroatoms. The van der Waals surface area contributed by atoms with Crippen LogP contribution in [0.3, 0.4) is 0 Å². The van der Waals surface area contributed by atoms with Crippen LogP contribution in [-0.2, 0) is 32.0 Å². The van der Waals surface area contributed by atoms with Gasteiger partial charge in [0.2, 0.25) is 11.8 Å². The summed E-state index contributed by atoms with van der Waals surface area (Å²) in [5.41, 5.74) is 3.07. The minimum absolute atomic E-state index is 0.123. The lowest BCUT2D eigenvalue weighted by atomic mass is 10.1. The summed E-state index contributed by atoms with van der Waals surface area (Å²) in [7, 11) is 0. The van der Waals surface area contributed by atoms with Crippen molar-refractivity contribution in [3.8, 4) is 0 Å². The first kappa shape index (κ1) is 28.0. The minimum Gasteiger partial charge on any atom is -0.335 e. The van der Waals surface area contributed by atoms with Crippen LogP contribution in [0.4, 0.5) is 11.4 Å². The highest BCUT2D eigenvalue weighted by Gasteiger charge is 2.44. The molecule has 0 radical (unpaired) electrons. The van der Waals surface area contributed by atoms with E-state index in [9.17, 15) is 19.2 Å². The molecule has 4 N–H and O–H groups in total. The molecule has 0 unspecified atom stereocenters. The standard InChI is InChI=1S/C30H28Cl2N4O4/c31-21-5-1-19(2-6-21)13-15-33-25-17-27(37)35(29(25)39)23-9-11-24(12-10-23)36-28(38)18-26(30(36)40)34-16-14-20-3-7-22(32)8-4-20/h1-12,25-26,33-34H,13-18H2/p+2/t25-,26+. The summed E-state index contributed by atoms with van der Waals surface area (Å²) < 4.78 is 0. The molecule has 0 aliphatic carbocycles. The molecule has 206 valence electrons. The third kappa shape index (κ3) is 6.26. The molecule has 2 fully saturated rings. The molecule has 4 amide bonds. The fourth-order valence-corrected chi connectivity index (χ4v) is 5.43. The van der Waals surface area contributed by atoms with Crippen molar-refractivity contribution < 1.29 is 29.8 Å². The van der Waals surface area contributed by atoms with E-state index in [1.165, 1.54) is 9.80 Å². The number of hydrogen-bond donors (Lipinski definition) is 2. The van der Waals surface area contributed by atoms with E-state index in [-0.39, 0.29) is 36.5 Å². The van der Waals surface area contributed by atoms with Gasteiger partial charge in [-0.05, 0) is 59.7 Å². The molecule has 3 aromatic carbocycles. The van der Waals surface area contributed by atoms with Crippen LogP contribution < -0.4 is 20.4 Å². The average Bonchev–Trinajstić information content (AvgIpc) is 3.39. The maximum absolute atomic E-state index is 13.0. The van der Waals surface area contributed by atoms with E-state index in [1.807, 2.05) is 59.2 Å². The lowest BCUT2D eigenvalue weighted by Gasteiger charge is -2.17. The Morgan fingerprint density at radius 3 is 1.27 bits per heavy atom. The van der Waals surface area contributed by atoms with Crippen molar-refractivity contribution in [2.45, 2.75) is 37.8 Å². The Bertz CT molecular complexity index is 1300. The van der Waals surface area contributed by atoms with E-state index >= 15 is 0 Å². The number of imide groups is 2. The molecular formula is C30H30Cl2N4O4+2. The maximum Gasteiger partial charge on any atom is 0.292 e. The zero-order valence-electron chi connectivity index (χ0n) is 21.8. The van der Waals surface area contributed by atoms with Crippen LogP contribution in [0.15, 0.2) is 72.8 Å². The molecule has 8 nitrogen and oxygen atoms in total. The Labute approximate surface area is 242 Å². The number of carbonyl (C=O) groups is 4. The minimum atomic E-state index is -0.481. The molecule has 40 heavy (non-hydrogen) atoms. The number of amides is 4. The van der Waals surface area contributed by atoms with Gasteiger partial charge in [-0.15, -0.1) is 0 Å². The first-order valence-corrected chi connectivity index (χ1v) is 14.0. The fraction of sp³-hybridized carbons (Fsp3) is 0.267. The van der Waals surface area contributed by atoms with Gasteiger partial charge in [-0.25, -0.2) is 9.80 Å². The number of hydrogen-bond acceptors (Lipinski definition) is 4. The molecule has 2 aliphatic rings. The van der Waals surface area contributed by atoms with Crippen LogP contribution in [0.1, 0.15) is 24.0 Å². The number of quaternary nitrogens is 2. The Hall–Kier alpha value is -3.56. The van der Waals surface area contributed by atoms with Crippen LogP contribution >= 0.6 is 23.2 Å². The van der Waals surface area contributed by atoms with Gasteiger partial charge in [0, 0.05) is 22.9 Å². The summed E-state index contributed by atoms with van der Waals surface area (Å²) in [6, 6.07) is 20.6. The first-order chi connectivity index (χ1) is 19.3. The maximum atomic E-state index is 13.0. The van der Waals surface area contributed by atoms with E-state index in [4.69, 9.17) is 23.2 Å². The second kappa shape index (κ2) is 12.3. The quantitative estimate of drug-likeness (QED) is 0.357. The predicted molar refractivity (Wildman–Crippen MR) is 152 cm³/mol. The Morgan fingerprint density at radius 2 is 0.925 bits per heavy atom. The van der Waals surface area contributed by atoms with Gasteiger partial charge in [0.1, 0.15) is 0 Å². The van der Waals surface area contributed by atoms with Gasteiger partial charge in [0.05, 0.1) is 37.3 Å². The van der Waals surface area contributed by atoms with E-state index in [0.29, 0.717) is 34.5 Å². The molecule has 3 aromatic rings. The number of rotatable bonds is 10. The van der Waals surface area contributed by atoms with Gasteiger partial charge in [0.25, 0.3) is 11.8 Å². The Balaban J connectivity index is 1.16. The van der Waals surface area contributed by atoms with Gasteiger partial charge in [-0.1, -0.05) is 47.5 Å². The summed E-state index contributed by atoms with van der Waals surface area (Å²) in [6.45, 7) is 1.32. The number of halogens is 2. The number of nitrogens with zero attached hydrogens (tertiary/aromatic N) is 2. The molecule has 2 heterocycles. The second-order valence-corrected chi connectivity index (χ2v) is 10.9. The van der Waals surface area contributed by atoms with E-state index in [2.05, 4.69) is 0 Å². The van der Waals surface area contributed by atoms with Gasteiger partial charge in [-0.3, -0.25) is 19.2 Å². The molecule has 0 bridgehead atoms. The van der Waals surface area contributed by atoms with Crippen LogP contribution in [0.2, 0.25) is 10.0 Å². The average molecular weight is 582 g/mol. The summed E-state index contributed by atoms with van der Waals surface area (Å²) in [6.07, 6.45) is 1.75. The van der Waals surface area contributed by atoms with Crippen molar-refractivity contribution in [3.63, 3.8) is 0 Å². The summed E-state index contributed by atoms with van der Waals surface area (Å²) in [5.74, 6) is -1.07. The highest BCUT2D eigenvalue weighted by molar-refractivity contribution is 6.30. The summed E-state index contributed by atoms with van der Waals surface area (Å²) >= 11 is 11.9. The fourth-order valence-electron chi connectivity index (χ4n) is 5.18. The SMILES string of the molecule is O=C1C[C@H]([NH2+]CCc2ccc(Cl)cc2)C(=O)N1c1ccc(N2C(=O)C[C@@H]([NH2+]CCc3ccc(Cl)cc3)C2=O)cc1. The van der Waals surface area contributed by atoms with Crippen molar-refractivity contribution in [1.29, 1.82) is 0 Å². The first-order valence-electron chi connectivity index (χ1n) is 13.3. The zero-order chi connectivity index (χ0) is 28.2. The molecule has 0 saturated carbocycles. The highest BCUT2D eigenvalue weighted by Crippen LogP contribution is 2.27. The summed E-state index contributed by atoms with van der Waals surface area (Å²) in [4.78, 5) is 53.9. The van der Waals surface area contributed by atoms with E-state index in [1.54, 1.807) is 24.3 Å². The topological polar surface area (TPSA) is 108 Å². The molecule has 2 atom stereocenters. The Morgan fingerprint density at radius 1 is 0.575 bits per heavy atom. The normalized spacial score (nSPS) is 19.2. The number of nitrogens with two attached hydrogens (primary N) is 2. The molecule has 2 saturated heterocycles. The smallest absolute Gasteiger partial charge is 0.292 e. The van der Waals surface area contributed by atoms with E-state index < -0.39 is 12.1 Å². The van der Waals surface area contributed by atoms with Gasteiger partial charge in [-0.2, -0.15) is 0 Å². The van der Waals surface area contributed by atoms with Crippen molar-refractivity contribution in [1.82, 2.24) is 0 Å². The number of benzene rings is 3. The number of carbonyl (C=O) groups excluding carboxylic acids is 4. The van der Waals surface area contributed by atoms with Crippen LogP contribution in [0.5, 0.6) is 0 Å². The molecule has 0 aromatic heterocycles. The summed E-state index contributed by atoms with van der Waals surface area (Å²) in [5, 5.41) is 5.14. The third-order valence-electron chi connectivity index (χ3n) is 7.32. The van der Waals surface area contributed by atoms with Gasteiger partial charge < -0.3 is 10.6 Å². The van der Waals surface area contributed by atoms with Crippen molar-refractivity contribution in [2.75, 3.05) is 22.9 Å². The van der Waals surface area contributed by atoms with Gasteiger partial charge >= 0.3 is 0 Å². The lowest BCUT2D eigenvalue weighted by molar-refractivity contribution is -0.674. The van der Waals surface area contributed by atoms with Crippen molar-refractivity contribution in [2.24, 2.45) is 0 Å². The van der Waals surface area contributed by atoms with Gasteiger partial charge in [0.15, 0.2) is 12.1 Å². The van der Waals surface area contributed by atoms with Crippen LogP contribution in [0, 0.1) is 0 Å². The largest absolute Gasteiger partial charge is 0.335 e. The van der Waals surface area contributed by atoms with Crippen LogP contribution in [-0.4, -0.2) is 48.8 Å². The predicted octanol–water partition coefficient (Wildman–Crippen LogP) is 1.87.